The lowest BCUT2D eigenvalue weighted by Gasteiger charge is -2.23. The summed E-state index contributed by atoms with van der Waals surface area (Å²) in [4.78, 5) is 19.8. The lowest BCUT2D eigenvalue weighted by molar-refractivity contribution is -0.135. The van der Waals surface area contributed by atoms with Crippen molar-refractivity contribution in [3.8, 4) is 0 Å². The first-order valence-electron chi connectivity index (χ1n) is 4.79. The smallest absolute Gasteiger partial charge is 0.450 e. The van der Waals surface area contributed by atoms with Gasteiger partial charge in [-0.3, -0.25) is 4.79 Å². The lowest BCUT2D eigenvalue weighted by Crippen LogP contribution is -2.39. The van der Waals surface area contributed by atoms with E-state index in [2.05, 4.69) is 35.7 Å². The molecule has 0 amide bonds. The van der Waals surface area contributed by atoms with Gasteiger partial charge in [0.25, 0.3) is 0 Å². The topological polar surface area (TPSA) is 72.8 Å². The maximum Gasteiger partial charge on any atom is 0.505 e. The zero-order chi connectivity index (χ0) is 13.4. The van der Waals surface area contributed by atoms with E-state index in [0.717, 1.165) is 6.26 Å². The number of hydrogen-bond donors (Lipinski definition) is 1. The second kappa shape index (κ2) is 7.92. The van der Waals surface area contributed by atoms with Crippen molar-refractivity contribution in [2.45, 2.75) is 39.2 Å². The minimum absolute atomic E-state index is 0.120. The molecule has 0 saturated carbocycles. The van der Waals surface area contributed by atoms with Crippen molar-refractivity contribution in [2.75, 3.05) is 0 Å². The van der Waals surface area contributed by atoms with E-state index in [1.807, 2.05) is 0 Å². The van der Waals surface area contributed by atoms with Crippen LogP contribution in [-0.4, -0.2) is 31.0 Å². The number of carbonyl (C=O) groups is 2. The average Bonchev–Trinajstić information content (AvgIpc) is 2.01. The number of hydrogen-bond acceptors (Lipinski definition) is 4. The Kier molecular flexibility index (Phi) is 8.47. The monoisotopic (exact) mass is 248 g/mol. The number of esters is 1. The molecule has 5 nitrogen and oxygen atoms in total. The van der Waals surface area contributed by atoms with Crippen LogP contribution < -0.4 is 0 Å². The highest BCUT2D eigenvalue weighted by Crippen LogP contribution is 2.10. The second-order valence-electron chi connectivity index (χ2n) is 4.17. The first-order valence-corrected chi connectivity index (χ1v) is 8.36. The summed E-state index contributed by atoms with van der Waals surface area (Å²) in [5.74, 6) is -0.329. The highest BCUT2D eigenvalue weighted by atomic mass is 28.3. The fourth-order valence-corrected chi connectivity index (χ4v) is 0.900. The molecule has 0 rings (SSSR count). The third-order valence-corrected chi connectivity index (χ3v) is 4.30. The van der Waals surface area contributed by atoms with E-state index in [-0.39, 0.29) is 11.7 Å². The Morgan fingerprint density at radius 3 is 1.88 bits per heavy atom. The molecule has 0 saturated heterocycles. The molecule has 0 aliphatic carbocycles. The largest absolute Gasteiger partial charge is 0.505 e. The molecule has 6 heteroatoms. The SMILES string of the molecule is C=COC(C)=O.CC(OC(=O)O)[Si](C)(C)C. The van der Waals surface area contributed by atoms with E-state index in [0.29, 0.717) is 0 Å². The molecule has 0 aromatic rings. The van der Waals surface area contributed by atoms with E-state index >= 15 is 0 Å². The van der Waals surface area contributed by atoms with Gasteiger partial charge in [-0.2, -0.15) is 0 Å². The summed E-state index contributed by atoms with van der Waals surface area (Å²) in [6.45, 7) is 12.5. The van der Waals surface area contributed by atoms with Crippen LogP contribution in [0.3, 0.4) is 0 Å². The van der Waals surface area contributed by atoms with Gasteiger partial charge in [-0.05, 0) is 6.92 Å². The molecule has 0 aliphatic heterocycles. The number of carboxylic acid groups (broad SMARTS) is 1. The molecule has 0 spiro atoms. The van der Waals surface area contributed by atoms with Gasteiger partial charge >= 0.3 is 12.1 Å². The van der Waals surface area contributed by atoms with Gasteiger partial charge in [-0.15, -0.1) is 0 Å². The van der Waals surface area contributed by atoms with Crippen LogP contribution >= 0.6 is 0 Å². The molecule has 0 aliphatic rings. The minimum Gasteiger partial charge on any atom is -0.450 e. The Bertz CT molecular complexity index is 244. The quantitative estimate of drug-likeness (QED) is 0.472. The number of rotatable bonds is 3. The third-order valence-electron chi connectivity index (χ3n) is 1.75. The van der Waals surface area contributed by atoms with Gasteiger partial charge in [-0.1, -0.05) is 26.2 Å². The third kappa shape index (κ3) is 12.7. The van der Waals surface area contributed by atoms with Crippen molar-refractivity contribution >= 4 is 20.2 Å². The van der Waals surface area contributed by atoms with Gasteiger partial charge in [0, 0.05) is 6.92 Å². The van der Waals surface area contributed by atoms with Crippen LogP contribution in [0.15, 0.2) is 12.8 Å². The summed E-state index contributed by atoms with van der Waals surface area (Å²) in [7, 11) is -1.43. The van der Waals surface area contributed by atoms with Gasteiger partial charge in [0.2, 0.25) is 0 Å². The van der Waals surface area contributed by atoms with Crippen molar-refractivity contribution in [3.05, 3.63) is 12.8 Å². The number of carbonyl (C=O) groups excluding carboxylic acids is 1. The van der Waals surface area contributed by atoms with Gasteiger partial charge in [0.05, 0.1) is 20.1 Å². The van der Waals surface area contributed by atoms with E-state index in [1.165, 1.54) is 6.92 Å². The van der Waals surface area contributed by atoms with Crippen LogP contribution in [0.1, 0.15) is 13.8 Å². The summed E-state index contributed by atoms with van der Waals surface area (Å²) in [5.41, 5.74) is -0.120. The zero-order valence-electron chi connectivity index (χ0n) is 10.4. The van der Waals surface area contributed by atoms with E-state index in [4.69, 9.17) is 5.11 Å². The Hall–Kier alpha value is -1.30. The van der Waals surface area contributed by atoms with Crippen LogP contribution in [0, 0.1) is 0 Å². The molecular weight excluding hydrogens is 228 g/mol. The van der Waals surface area contributed by atoms with Gasteiger partial charge < -0.3 is 14.6 Å². The molecule has 1 unspecified atom stereocenters. The molecule has 0 heterocycles. The summed E-state index contributed by atoms with van der Waals surface area (Å²) < 4.78 is 8.76. The molecule has 0 aromatic carbocycles. The summed E-state index contributed by atoms with van der Waals surface area (Å²) in [5, 5.41) is 8.25. The summed E-state index contributed by atoms with van der Waals surface area (Å²) >= 11 is 0. The molecule has 1 N–H and O–H groups in total. The normalized spacial score (nSPS) is 11.6. The molecule has 1 atom stereocenters. The Morgan fingerprint density at radius 2 is 1.81 bits per heavy atom. The van der Waals surface area contributed by atoms with Crippen LogP contribution in [-0.2, 0) is 14.3 Å². The van der Waals surface area contributed by atoms with Crippen molar-refractivity contribution in [2.24, 2.45) is 0 Å². The summed E-state index contributed by atoms with van der Waals surface area (Å²) in [6.07, 6.45) is -0.0718. The molecule has 0 fully saturated rings. The predicted molar refractivity (Wildman–Crippen MR) is 63.9 cm³/mol. The van der Waals surface area contributed by atoms with Gasteiger partial charge in [0.1, 0.15) is 0 Å². The first kappa shape index (κ1) is 17.1. The molecule has 0 radical (unpaired) electrons. The van der Waals surface area contributed by atoms with Crippen molar-refractivity contribution in [1.82, 2.24) is 0 Å². The van der Waals surface area contributed by atoms with Gasteiger partial charge in [0.15, 0.2) is 0 Å². The van der Waals surface area contributed by atoms with Crippen molar-refractivity contribution in [1.29, 1.82) is 0 Å². The van der Waals surface area contributed by atoms with Crippen molar-refractivity contribution in [3.63, 3.8) is 0 Å². The fraction of sp³-hybridized carbons (Fsp3) is 0.600. The fourth-order valence-electron chi connectivity index (χ4n) is 0.445. The van der Waals surface area contributed by atoms with E-state index in [1.54, 1.807) is 6.92 Å². The Morgan fingerprint density at radius 1 is 1.38 bits per heavy atom. The second-order valence-corrected chi connectivity index (χ2v) is 9.71. The van der Waals surface area contributed by atoms with Crippen molar-refractivity contribution < 1.29 is 24.2 Å². The Balaban J connectivity index is 0. The van der Waals surface area contributed by atoms with Crippen LogP contribution in [0.2, 0.25) is 19.6 Å². The Labute approximate surface area is 97.1 Å². The number of ether oxygens (including phenoxy) is 2. The first-order chi connectivity index (χ1) is 7.11. The maximum absolute atomic E-state index is 10.1. The predicted octanol–water partition coefficient (Wildman–Crippen LogP) is 2.64. The molecule has 16 heavy (non-hydrogen) atoms. The lowest BCUT2D eigenvalue weighted by atomic mass is 10.8. The molecule has 0 bridgehead atoms. The standard InChI is InChI=1S/C6H14O3Si.C4H6O2/c1-5(9-6(7)8)10(2,3)4;1-3-6-4(2)5/h5H,1-4H3,(H,7,8);3H,1H2,2H3. The molecule has 94 valence electrons. The van der Waals surface area contributed by atoms with Crippen LogP contribution in [0.5, 0.6) is 0 Å². The van der Waals surface area contributed by atoms with Gasteiger partial charge in [-0.25, -0.2) is 4.79 Å². The van der Waals surface area contributed by atoms with E-state index < -0.39 is 14.2 Å². The van der Waals surface area contributed by atoms with Crippen LogP contribution in [0.4, 0.5) is 4.79 Å². The average molecular weight is 248 g/mol. The van der Waals surface area contributed by atoms with E-state index in [9.17, 15) is 9.59 Å². The highest BCUT2D eigenvalue weighted by Gasteiger charge is 2.25. The molecular formula is C10H20O5Si. The maximum atomic E-state index is 10.1. The minimum atomic E-state index is -1.43. The highest BCUT2D eigenvalue weighted by molar-refractivity contribution is 6.77. The summed E-state index contributed by atoms with van der Waals surface area (Å²) in [6, 6.07) is 0. The van der Waals surface area contributed by atoms with Crippen LogP contribution in [0.25, 0.3) is 0 Å². The zero-order valence-corrected chi connectivity index (χ0v) is 11.4. The molecule has 0 aromatic heterocycles.